The van der Waals surface area contributed by atoms with E-state index < -0.39 is 0 Å². The van der Waals surface area contributed by atoms with Gasteiger partial charge in [0.05, 0.1) is 5.25 Å². The second kappa shape index (κ2) is 6.99. The molecule has 19 heavy (non-hydrogen) atoms. The van der Waals surface area contributed by atoms with E-state index in [0.717, 1.165) is 30.8 Å². The standard InChI is InChI=1S/C16H23NOS/c1-3-4-12-19-13(2)16(18)17-11-7-9-14-8-5-6-10-15(14)17/h5-6,8,10,13H,3-4,7,9,11-12H2,1-2H3. The van der Waals surface area contributed by atoms with Crippen LogP contribution in [0.25, 0.3) is 0 Å². The zero-order chi connectivity index (χ0) is 13.7. The van der Waals surface area contributed by atoms with Crippen molar-refractivity contribution in [3.8, 4) is 0 Å². The molecular weight excluding hydrogens is 254 g/mol. The molecule has 104 valence electrons. The van der Waals surface area contributed by atoms with Crippen molar-refractivity contribution in [2.24, 2.45) is 0 Å². The van der Waals surface area contributed by atoms with E-state index in [4.69, 9.17) is 0 Å². The fraction of sp³-hybridized carbons (Fsp3) is 0.562. The van der Waals surface area contributed by atoms with E-state index in [1.54, 1.807) is 11.8 Å². The third-order valence-corrected chi connectivity index (χ3v) is 4.82. The van der Waals surface area contributed by atoms with Gasteiger partial charge >= 0.3 is 0 Å². The van der Waals surface area contributed by atoms with Crippen molar-refractivity contribution in [2.75, 3.05) is 17.2 Å². The number of aryl methyl sites for hydroxylation is 1. The van der Waals surface area contributed by atoms with Crippen LogP contribution in [-0.2, 0) is 11.2 Å². The van der Waals surface area contributed by atoms with Gasteiger partial charge in [-0.2, -0.15) is 0 Å². The molecule has 0 saturated carbocycles. The van der Waals surface area contributed by atoms with Crippen LogP contribution >= 0.6 is 11.8 Å². The smallest absolute Gasteiger partial charge is 0.239 e. The maximum absolute atomic E-state index is 12.6. The number of unbranched alkanes of at least 4 members (excludes halogenated alkanes) is 1. The summed E-state index contributed by atoms with van der Waals surface area (Å²) in [7, 11) is 0. The third kappa shape index (κ3) is 3.53. The first-order valence-electron chi connectivity index (χ1n) is 7.25. The molecule has 3 heteroatoms. The van der Waals surface area contributed by atoms with Crippen LogP contribution in [0.4, 0.5) is 5.69 Å². The van der Waals surface area contributed by atoms with E-state index in [9.17, 15) is 4.79 Å². The van der Waals surface area contributed by atoms with Crippen molar-refractivity contribution >= 4 is 23.4 Å². The van der Waals surface area contributed by atoms with E-state index in [2.05, 4.69) is 25.1 Å². The van der Waals surface area contributed by atoms with Crippen LogP contribution in [0.5, 0.6) is 0 Å². The number of thioether (sulfide) groups is 1. The Labute approximate surface area is 120 Å². The minimum absolute atomic E-state index is 0.0673. The van der Waals surface area contributed by atoms with E-state index in [1.807, 2.05) is 17.9 Å². The first-order chi connectivity index (χ1) is 9.24. The minimum Gasteiger partial charge on any atom is -0.311 e. The molecular formula is C16H23NOS. The normalized spacial score (nSPS) is 16.0. The first kappa shape index (κ1) is 14.4. The molecule has 1 aliphatic heterocycles. The maximum Gasteiger partial charge on any atom is 0.239 e. The van der Waals surface area contributed by atoms with Crippen LogP contribution in [0.2, 0.25) is 0 Å². The zero-order valence-electron chi connectivity index (χ0n) is 11.9. The van der Waals surface area contributed by atoms with Crippen molar-refractivity contribution in [3.63, 3.8) is 0 Å². The number of carbonyl (C=O) groups excluding carboxylic acids is 1. The van der Waals surface area contributed by atoms with Crippen LogP contribution in [0, 0.1) is 0 Å². The number of fused-ring (bicyclic) bond motifs is 1. The Morgan fingerprint density at radius 1 is 1.42 bits per heavy atom. The van der Waals surface area contributed by atoms with Crippen molar-refractivity contribution in [1.29, 1.82) is 0 Å². The maximum atomic E-state index is 12.6. The Morgan fingerprint density at radius 2 is 2.21 bits per heavy atom. The van der Waals surface area contributed by atoms with Gasteiger partial charge in [-0.3, -0.25) is 4.79 Å². The van der Waals surface area contributed by atoms with Gasteiger partial charge in [0.1, 0.15) is 0 Å². The lowest BCUT2D eigenvalue weighted by Gasteiger charge is -2.31. The molecule has 0 radical (unpaired) electrons. The number of rotatable bonds is 5. The Morgan fingerprint density at radius 3 is 3.00 bits per heavy atom. The molecule has 2 nitrogen and oxygen atoms in total. The van der Waals surface area contributed by atoms with Gasteiger partial charge in [0, 0.05) is 12.2 Å². The number of benzene rings is 1. The molecule has 0 aromatic heterocycles. The highest BCUT2D eigenvalue weighted by Crippen LogP contribution is 2.28. The molecule has 1 aliphatic rings. The molecule has 0 saturated heterocycles. The predicted octanol–water partition coefficient (Wildman–Crippen LogP) is 3.89. The van der Waals surface area contributed by atoms with Crippen molar-refractivity contribution in [1.82, 2.24) is 0 Å². The summed E-state index contributed by atoms with van der Waals surface area (Å²) >= 11 is 1.79. The molecule has 0 N–H and O–H groups in total. The van der Waals surface area contributed by atoms with Crippen LogP contribution < -0.4 is 4.90 Å². The largest absolute Gasteiger partial charge is 0.311 e. The summed E-state index contributed by atoms with van der Waals surface area (Å²) in [5.74, 6) is 1.35. The number of hydrogen-bond acceptors (Lipinski definition) is 2. The van der Waals surface area contributed by atoms with Crippen LogP contribution in [0.1, 0.15) is 38.7 Å². The summed E-state index contributed by atoms with van der Waals surface area (Å²) in [6.45, 7) is 5.10. The molecule has 1 atom stereocenters. The van der Waals surface area contributed by atoms with E-state index in [1.165, 1.54) is 18.4 Å². The highest BCUT2D eigenvalue weighted by molar-refractivity contribution is 8.00. The minimum atomic E-state index is 0.0673. The molecule has 1 amide bonds. The van der Waals surface area contributed by atoms with Crippen molar-refractivity contribution in [3.05, 3.63) is 29.8 Å². The van der Waals surface area contributed by atoms with E-state index in [-0.39, 0.29) is 11.2 Å². The third-order valence-electron chi connectivity index (χ3n) is 3.59. The molecule has 2 rings (SSSR count). The van der Waals surface area contributed by atoms with E-state index in [0.29, 0.717) is 0 Å². The van der Waals surface area contributed by atoms with Crippen LogP contribution in [-0.4, -0.2) is 23.5 Å². The second-order valence-electron chi connectivity index (χ2n) is 5.09. The molecule has 0 aliphatic carbocycles. The van der Waals surface area contributed by atoms with Gasteiger partial charge in [-0.25, -0.2) is 0 Å². The molecule has 0 fully saturated rings. The fourth-order valence-corrected chi connectivity index (χ4v) is 3.54. The van der Waals surface area contributed by atoms with Crippen molar-refractivity contribution < 1.29 is 4.79 Å². The lowest BCUT2D eigenvalue weighted by Crippen LogP contribution is -2.40. The van der Waals surface area contributed by atoms with Gasteiger partial charge in [0.2, 0.25) is 5.91 Å². The summed E-state index contributed by atoms with van der Waals surface area (Å²) in [6.07, 6.45) is 4.56. The van der Waals surface area contributed by atoms with Crippen LogP contribution in [0.15, 0.2) is 24.3 Å². The molecule has 1 aromatic rings. The molecule has 0 spiro atoms. The van der Waals surface area contributed by atoms with Crippen LogP contribution in [0.3, 0.4) is 0 Å². The first-order valence-corrected chi connectivity index (χ1v) is 8.29. The summed E-state index contributed by atoms with van der Waals surface area (Å²) in [4.78, 5) is 14.5. The number of nitrogens with zero attached hydrogens (tertiary/aromatic N) is 1. The highest BCUT2D eigenvalue weighted by Gasteiger charge is 2.25. The average molecular weight is 277 g/mol. The number of amides is 1. The monoisotopic (exact) mass is 277 g/mol. The lowest BCUT2D eigenvalue weighted by atomic mass is 10.0. The van der Waals surface area contributed by atoms with Gasteiger partial charge in [0.25, 0.3) is 0 Å². The molecule has 0 bridgehead atoms. The van der Waals surface area contributed by atoms with Gasteiger partial charge < -0.3 is 4.90 Å². The Hall–Kier alpha value is -0.960. The zero-order valence-corrected chi connectivity index (χ0v) is 12.7. The Bertz CT molecular complexity index is 433. The molecule has 1 aromatic carbocycles. The number of para-hydroxylation sites is 1. The number of carbonyl (C=O) groups is 1. The SMILES string of the molecule is CCCCSC(C)C(=O)N1CCCc2ccccc21. The molecule has 1 unspecified atom stereocenters. The quantitative estimate of drug-likeness (QED) is 0.761. The van der Waals surface area contributed by atoms with Gasteiger partial charge in [-0.05, 0) is 43.6 Å². The summed E-state index contributed by atoms with van der Waals surface area (Å²) in [5, 5.41) is 0.0673. The summed E-state index contributed by atoms with van der Waals surface area (Å²) in [5.41, 5.74) is 2.44. The van der Waals surface area contributed by atoms with Gasteiger partial charge in [-0.1, -0.05) is 31.5 Å². The number of hydrogen-bond donors (Lipinski definition) is 0. The molecule has 1 heterocycles. The highest BCUT2D eigenvalue weighted by atomic mass is 32.2. The summed E-state index contributed by atoms with van der Waals surface area (Å²) in [6, 6.07) is 8.31. The Balaban J connectivity index is 2.04. The van der Waals surface area contributed by atoms with E-state index >= 15 is 0 Å². The lowest BCUT2D eigenvalue weighted by molar-refractivity contribution is -0.117. The van der Waals surface area contributed by atoms with Gasteiger partial charge in [-0.15, -0.1) is 11.8 Å². The average Bonchev–Trinajstić information content (AvgIpc) is 2.46. The van der Waals surface area contributed by atoms with Gasteiger partial charge in [0.15, 0.2) is 0 Å². The fourth-order valence-electron chi connectivity index (χ4n) is 2.46. The topological polar surface area (TPSA) is 20.3 Å². The second-order valence-corrected chi connectivity index (χ2v) is 6.54. The predicted molar refractivity (Wildman–Crippen MR) is 83.9 cm³/mol. The number of anilines is 1. The Kier molecular flexibility index (Phi) is 5.32. The van der Waals surface area contributed by atoms with Crippen molar-refractivity contribution in [2.45, 2.75) is 44.8 Å². The summed E-state index contributed by atoms with van der Waals surface area (Å²) < 4.78 is 0.